The normalized spacial score (nSPS) is 18.2. The van der Waals surface area contributed by atoms with E-state index in [4.69, 9.17) is 0 Å². The van der Waals surface area contributed by atoms with E-state index in [9.17, 15) is 0 Å². The van der Waals surface area contributed by atoms with Crippen molar-refractivity contribution in [2.45, 2.75) is 63.3 Å². The zero-order chi connectivity index (χ0) is 14.2. The number of benzene rings is 1. The molecule has 0 bridgehead atoms. The van der Waals surface area contributed by atoms with Gasteiger partial charge in [0.15, 0.2) is 0 Å². The molecule has 0 spiro atoms. The van der Waals surface area contributed by atoms with Crippen LogP contribution in [0, 0.1) is 5.92 Å². The van der Waals surface area contributed by atoms with E-state index < -0.39 is 0 Å². The van der Waals surface area contributed by atoms with Crippen LogP contribution in [-0.4, -0.2) is 12.3 Å². The summed E-state index contributed by atoms with van der Waals surface area (Å²) in [6, 6.07) is 9.47. The summed E-state index contributed by atoms with van der Waals surface area (Å²) in [6.45, 7) is 5.81. The molecule has 0 saturated heterocycles. The third-order valence-corrected chi connectivity index (χ3v) is 5.18. The Bertz CT molecular complexity index is 389. The molecule has 1 nitrogen and oxygen atoms in total. The van der Waals surface area contributed by atoms with Gasteiger partial charge >= 0.3 is 0 Å². The molecule has 0 amide bonds. The quantitative estimate of drug-likeness (QED) is 0.642. The van der Waals surface area contributed by atoms with E-state index in [-0.39, 0.29) is 0 Å². The van der Waals surface area contributed by atoms with Crippen molar-refractivity contribution in [3.05, 3.63) is 29.8 Å². The zero-order valence-electron chi connectivity index (χ0n) is 13.0. The van der Waals surface area contributed by atoms with Crippen LogP contribution < -0.4 is 5.32 Å². The number of hydrogen-bond acceptors (Lipinski definition) is 2. The lowest BCUT2D eigenvalue weighted by Gasteiger charge is -2.26. The lowest BCUT2D eigenvalue weighted by molar-refractivity contribution is 0.476. The molecule has 2 heteroatoms. The van der Waals surface area contributed by atoms with Gasteiger partial charge in [-0.05, 0) is 42.7 Å². The van der Waals surface area contributed by atoms with Crippen LogP contribution in [0.15, 0.2) is 29.2 Å². The molecule has 1 N–H and O–H groups in total. The standard InChI is InChI=1S/C18H29NS/c1-15(2)9-5-3-4-8-13-19-17-12-14-20-18-11-7-6-10-16(17)18/h6-7,10-11,15,17,19H,3-5,8-9,12-14H2,1-2H3. The maximum Gasteiger partial charge on any atom is 0.0339 e. The van der Waals surface area contributed by atoms with Crippen molar-refractivity contribution in [2.24, 2.45) is 5.92 Å². The van der Waals surface area contributed by atoms with Gasteiger partial charge in [-0.15, -0.1) is 11.8 Å². The van der Waals surface area contributed by atoms with Crippen LogP contribution in [0.4, 0.5) is 0 Å². The highest BCUT2D eigenvalue weighted by atomic mass is 32.2. The molecule has 1 unspecified atom stereocenters. The van der Waals surface area contributed by atoms with Gasteiger partial charge < -0.3 is 5.32 Å². The minimum atomic E-state index is 0.586. The summed E-state index contributed by atoms with van der Waals surface area (Å²) in [4.78, 5) is 1.48. The van der Waals surface area contributed by atoms with E-state index in [0.29, 0.717) is 6.04 Å². The lowest BCUT2D eigenvalue weighted by Crippen LogP contribution is -2.25. The van der Waals surface area contributed by atoms with Crippen molar-refractivity contribution >= 4 is 11.8 Å². The van der Waals surface area contributed by atoms with Gasteiger partial charge in [0.05, 0.1) is 0 Å². The summed E-state index contributed by atoms with van der Waals surface area (Å²) in [6.07, 6.45) is 8.17. The largest absolute Gasteiger partial charge is 0.310 e. The van der Waals surface area contributed by atoms with E-state index in [0.717, 1.165) is 5.92 Å². The Morgan fingerprint density at radius 1 is 1.15 bits per heavy atom. The highest BCUT2D eigenvalue weighted by Crippen LogP contribution is 2.35. The Hall–Kier alpha value is -0.470. The van der Waals surface area contributed by atoms with Gasteiger partial charge in [0.25, 0.3) is 0 Å². The number of thioether (sulfide) groups is 1. The van der Waals surface area contributed by atoms with Gasteiger partial charge in [0.1, 0.15) is 0 Å². The first-order valence-electron chi connectivity index (χ1n) is 8.22. The number of unbranched alkanes of at least 4 members (excludes halogenated alkanes) is 3. The van der Waals surface area contributed by atoms with Crippen LogP contribution in [0.2, 0.25) is 0 Å². The molecule has 1 aliphatic rings. The van der Waals surface area contributed by atoms with Crippen molar-refractivity contribution in [1.29, 1.82) is 0 Å². The SMILES string of the molecule is CC(C)CCCCCCNC1CCSc2ccccc21. The van der Waals surface area contributed by atoms with Crippen LogP contribution >= 0.6 is 11.8 Å². The number of rotatable bonds is 8. The summed E-state index contributed by atoms with van der Waals surface area (Å²) < 4.78 is 0. The highest BCUT2D eigenvalue weighted by Gasteiger charge is 2.19. The molecule has 1 aromatic carbocycles. The number of nitrogens with one attached hydrogen (secondary N) is 1. The molecule has 0 saturated carbocycles. The third kappa shape index (κ3) is 5.14. The Kier molecular flexibility index (Phi) is 6.95. The minimum Gasteiger partial charge on any atom is -0.310 e. The van der Waals surface area contributed by atoms with Crippen LogP contribution in [0.25, 0.3) is 0 Å². The second-order valence-corrected chi connectivity index (χ2v) is 7.42. The summed E-state index contributed by atoms with van der Waals surface area (Å²) >= 11 is 2.01. The number of hydrogen-bond donors (Lipinski definition) is 1. The van der Waals surface area contributed by atoms with Crippen molar-refractivity contribution in [1.82, 2.24) is 5.32 Å². The molecule has 112 valence electrons. The lowest BCUT2D eigenvalue weighted by atomic mass is 10.0. The second-order valence-electron chi connectivity index (χ2n) is 6.28. The summed E-state index contributed by atoms with van der Waals surface area (Å²) in [5.41, 5.74) is 1.52. The van der Waals surface area contributed by atoms with Gasteiger partial charge in [0, 0.05) is 10.9 Å². The molecule has 2 rings (SSSR count). The van der Waals surface area contributed by atoms with Gasteiger partial charge in [0.2, 0.25) is 0 Å². The highest BCUT2D eigenvalue weighted by molar-refractivity contribution is 7.99. The van der Waals surface area contributed by atoms with E-state index in [2.05, 4.69) is 43.4 Å². The van der Waals surface area contributed by atoms with Gasteiger partial charge in [-0.3, -0.25) is 0 Å². The molecule has 0 aliphatic carbocycles. The molecule has 0 aromatic heterocycles. The smallest absolute Gasteiger partial charge is 0.0339 e. The fourth-order valence-corrected chi connectivity index (χ4v) is 3.99. The van der Waals surface area contributed by atoms with Crippen molar-refractivity contribution in [3.8, 4) is 0 Å². The van der Waals surface area contributed by atoms with E-state index in [1.54, 1.807) is 0 Å². The molecular formula is C18H29NS. The molecule has 1 atom stereocenters. The summed E-state index contributed by atoms with van der Waals surface area (Å²) in [5, 5.41) is 3.76. The predicted molar refractivity (Wildman–Crippen MR) is 90.4 cm³/mol. The fourth-order valence-electron chi connectivity index (χ4n) is 2.86. The van der Waals surface area contributed by atoms with Crippen molar-refractivity contribution < 1.29 is 0 Å². The Morgan fingerprint density at radius 3 is 2.80 bits per heavy atom. The predicted octanol–water partition coefficient (Wildman–Crippen LogP) is 5.42. The molecular weight excluding hydrogens is 262 g/mol. The fraction of sp³-hybridized carbons (Fsp3) is 0.667. The maximum atomic E-state index is 3.76. The van der Waals surface area contributed by atoms with Crippen LogP contribution in [0.1, 0.15) is 64.0 Å². The van der Waals surface area contributed by atoms with Crippen LogP contribution in [-0.2, 0) is 0 Å². The van der Waals surface area contributed by atoms with Gasteiger partial charge in [-0.1, -0.05) is 57.7 Å². The zero-order valence-corrected chi connectivity index (χ0v) is 13.8. The van der Waals surface area contributed by atoms with Crippen LogP contribution in [0.3, 0.4) is 0 Å². The first-order valence-corrected chi connectivity index (χ1v) is 9.21. The first kappa shape index (κ1) is 15.9. The average Bonchev–Trinajstić information content (AvgIpc) is 2.46. The van der Waals surface area contributed by atoms with Crippen molar-refractivity contribution in [2.75, 3.05) is 12.3 Å². The Morgan fingerprint density at radius 2 is 1.95 bits per heavy atom. The Labute approximate surface area is 128 Å². The Balaban J connectivity index is 1.63. The van der Waals surface area contributed by atoms with Gasteiger partial charge in [-0.2, -0.15) is 0 Å². The molecule has 1 aliphatic heterocycles. The van der Waals surface area contributed by atoms with E-state index in [1.165, 1.54) is 61.3 Å². The molecule has 0 radical (unpaired) electrons. The third-order valence-electron chi connectivity index (χ3n) is 4.06. The summed E-state index contributed by atoms with van der Waals surface area (Å²) in [5.74, 6) is 2.12. The molecule has 20 heavy (non-hydrogen) atoms. The molecule has 1 heterocycles. The first-order chi connectivity index (χ1) is 9.77. The minimum absolute atomic E-state index is 0.586. The van der Waals surface area contributed by atoms with E-state index in [1.807, 2.05) is 11.8 Å². The molecule has 1 aromatic rings. The van der Waals surface area contributed by atoms with Crippen LogP contribution in [0.5, 0.6) is 0 Å². The topological polar surface area (TPSA) is 12.0 Å². The van der Waals surface area contributed by atoms with E-state index >= 15 is 0 Å². The van der Waals surface area contributed by atoms with Gasteiger partial charge in [-0.25, -0.2) is 0 Å². The summed E-state index contributed by atoms with van der Waals surface area (Å²) in [7, 11) is 0. The van der Waals surface area contributed by atoms with Crippen molar-refractivity contribution in [3.63, 3.8) is 0 Å². The second kappa shape index (κ2) is 8.74. The molecule has 0 fully saturated rings. The average molecular weight is 292 g/mol. The monoisotopic (exact) mass is 291 g/mol. The maximum absolute atomic E-state index is 3.76. The number of fused-ring (bicyclic) bond motifs is 1.